The molecule has 1 rings (SSSR count). The number of ether oxygens (including phenoxy) is 1. The van der Waals surface area contributed by atoms with Crippen LogP contribution in [0.5, 0.6) is 5.75 Å². The first-order valence-electron chi connectivity index (χ1n) is 4.11. The van der Waals surface area contributed by atoms with E-state index in [9.17, 15) is 4.39 Å². The fourth-order valence-corrected chi connectivity index (χ4v) is 1.09. The molecular formula is C10H13FO2. The first-order chi connectivity index (χ1) is 6.15. The minimum absolute atomic E-state index is 0.439. The molecule has 0 saturated heterocycles. The van der Waals surface area contributed by atoms with E-state index in [-0.39, 0.29) is 0 Å². The highest BCUT2D eigenvalue weighted by atomic mass is 19.1. The molecule has 0 fully saturated rings. The van der Waals surface area contributed by atoms with E-state index in [1.165, 1.54) is 14.0 Å². The first kappa shape index (κ1) is 9.99. The van der Waals surface area contributed by atoms with Gasteiger partial charge < -0.3 is 9.84 Å². The van der Waals surface area contributed by atoms with Crippen LogP contribution in [0.25, 0.3) is 0 Å². The molecule has 0 aliphatic heterocycles. The van der Waals surface area contributed by atoms with E-state index in [1.807, 2.05) is 0 Å². The molecule has 0 aromatic heterocycles. The van der Waals surface area contributed by atoms with E-state index in [0.717, 1.165) is 0 Å². The van der Waals surface area contributed by atoms with Gasteiger partial charge in [-0.3, -0.25) is 0 Å². The molecule has 0 radical (unpaired) electrons. The zero-order chi connectivity index (χ0) is 9.84. The smallest absolute Gasteiger partial charge is 0.151 e. The molecule has 0 aliphatic carbocycles. The summed E-state index contributed by atoms with van der Waals surface area (Å²) in [6.07, 6.45) is -2.35. The van der Waals surface area contributed by atoms with Gasteiger partial charge in [-0.15, -0.1) is 0 Å². The molecule has 0 amide bonds. The van der Waals surface area contributed by atoms with Gasteiger partial charge in [-0.05, 0) is 24.6 Å². The minimum Gasteiger partial charge on any atom is -0.497 e. The van der Waals surface area contributed by atoms with Crippen molar-refractivity contribution < 1.29 is 14.2 Å². The minimum atomic E-state index is -1.35. The Morgan fingerprint density at radius 2 is 2.15 bits per heavy atom. The molecular weight excluding hydrogens is 171 g/mol. The lowest BCUT2D eigenvalue weighted by Crippen LogP contribution is -2.09. The van der Waals surface area contributed by atoms with Crippen LogP contribution in [0.4, 0.5) is 4.39 Å². The highest BCUT2D eigenvalue weighted by Crippen LogP contribution is 2.24. The van der Waals surface area contributed by atoms with Gasteiger partial charge in [0.25, 0.3) is 0 Å². The number of methoxy groups -OCH3 is 1. The van der Waals surface area contributed by atoms with Crippen molar-refractivity contribution >= 4 is 0 Å². The van der Waals surface area contributed by atoms with Gasteiger partial charge in [0.15, 0.2) is 6.17 Å². The molecule has 1 N–H and O–H groups in total. The highest BCUT2D eigenvalue weighted by Gasteiger charge is 2.15. The van der Waals surface area contributed by atoms with Crippen LogP contribution >= 0.6 is 0 Å². The van der Waals surface area contributed by atoms with Gasteiger partial charge in [-0.25, -0.2) is 4.39 Å². The van der Waals surface area contributed by atoms with Crippen molar-refractivity contribution in [2.45, 2.75) is 19.2 Å². The Morgan fingerprint density at radius 1 is 1.46 bits per heavy atom. The van der Waals surface area contributed by atoms with Crippen LogP contribution in [-0.4, -0.2) is 18.3 Å². The Labute approximate surface area is 77.0 Å². The van der Waals surface area contributed by atoms with Crippen LogP contribution in [0, 0.1) is 0 Å². The largest absolute Gasteiger partial charge is 0.497 e. The zero-order valence-corrected chi connectivity index (χ0v) is 7.70. The Balaban J connectivity index is 2.88. The second kappa shape index (κ2) is 4.23. The fourth-order valence-electron chi connectivity index (χ4n) is 1.09. The molecule has 72 valence electrons. The van der Waals surface area contributed by atoms with E-state index >= 15 is 0 Å². The number of rotatable bonds is 3. The summed E-state index contributed by atoms with van der Waals surface area (Å²) >= 11 is 0. The number of alkyl halides is 1. The molecule has 0 saturated carbocycles. The van der Waals surface area contributed by atoms with Crippen LogP contribution in [0.3, 0.4) is 0 Å². The van der Waals surface area contributed by atoms with Gasteiger partial charge in [0, 0.05) is 0 Å². The summed E-state index contributed by atoms with van der Waals surface area (Å²) < 4.78 is 18.2. The Bertz CT molecular complexity index is 273. The summed E-state index contributed by atoms with van der Waals surface area (Å²) in [5.41, 5.74) is 0.439. The lowest BCUT2D eigenvalue weighted by atomic mass is 10.1. The van der Waals surface area contributed by atoms with Crippen LogP contribution < -0.4 is 4.74 Å². The monoisotopic (exact) mass is 184 g/mol. The predicted octanol–water partition coefficient (Wildman–Crippen LogP) is 2.09. The Kier molecular flexibility index (Phi) is 3.25. The number of benzene rings is 1. The average Bonchev–Trinajstić information content (AvgIpc) is 2.16. The molecule has 0 aliphatic rings. The Hall–Kier alpha value is -1.09. The maximum atomic E-state index is 13.3. The molecule has 0 spiro atoms. The molecule has 13 heavy (non-hydrogen) atoms. The molecule has 2 atom stereocenters. The summed E-state index contributed by atoms with van der Waals surface area (Å²) in [6.45, 7) is 1.42. The van der Waals surface area contributed by atoms with Gasteiger partial charge in [0.05, 0.1) is 13.2 Å². The van der Waals surface area contributed by atoms with Crippen molar-refractivity contribution in [3.8, 4) is 5.75 Å². The topological polar surface area (TPSA) is 29.5 Å². The SMILES string of the molecule is COc1cccc([C@H](F)[C@H](C)O)c1. The maximum absolute atomic E-state index is 13.3. The lowest BCUT2D eigenvalue weighted by molar-refractivity contribution is 0.0932. The second-order valence-electron chi connectivity index (χ2n) is 2.92. The quantitative estimate of drug-likeness (QED) is 0.779. The molecule has 3 heteroatoms. The standard InChI is InChI=1S/C10H13FO2/c1-7(12)10(11)8-4-3-5-9(6-8)13-2/h3-7,10,12H,1-2H3/t7-,10+/m0/s1. The number of aliphatic hydroxyl groups is 1. The van der Waals surface area contributed by atoms with Crippen LogP contribution in [0.2, 0.25) is 0 Å². The van der Waals surface area contributed by atoms with E-state index in [2.05, 4.69) is 0 Å². The van der Waals surface area contributed by atoms with Crippen molar-refractivity contribution in [1.29, 1.82) is 0 Å². The molecule has 1 aromatic rings. The van der Waals surface area contributed by atoms with Crippen molar-refractivity contribution in [2.75, 3.05) is 7.11 Å². The molecule has 0 bridgehead atoms. The number of hydrogen-bond donors (Lipinski definition) is 1. The summed E-state index contributed by atoms with van der Waals surface area (Å²) in [5.74, 6) is 0.598. The van der Waals surface area contributed by atoms with Gasteiger partial charge in [0.1, 0.15) is 5.75 Å². The van der Waals surface area contributed by atoms with E-state index in [0.29, 0.717) is 11.3 Å². The highest BCUT2D eigenvalue weighted by molar-refractivity contribution is 5.30. The predicted molar refractivity (Wildman–Crippen MR) is 48.5 cm³/mol. The average molecular weight is 184 g/mol. The van der Waals surface area contributed by atoms with Gasteiger partial charge in [-0.1, -0.05) is 12.1 Å². The van der Waals surface area contributed by atoms with Gasteiger partial charge in [0.2, 0.25) is 0 Å². The normalized spacial score (nSPS) is 15.1. The second-order valence-corrected chi connectivity index (χ2v) is 2.92. The number of aliphatic hydroxyl groups excluding tert-OH is 1. The van der Waals surface area contributed by atoms with Crippen molar-refractivity contribution in [1.82, 2.24) is 0 Å². The maximum Gasteiger partial charge on any atom is 0.151 e. The summed E-state index contributed by atoms with van der Waals surface area (Å²) in [5, 5.41) is 9.02. The molecule has 1 aromatic carbocycles. The summed E-state index contributed by atoms with van der Waals surface area (Å²) in [7, 11) is 1.52. The zero-order valence-electron chi connectivity index (χ0n) is 7.70. The van der Waals surface area contributed by atoms with Crippen LogP contribution in [-0.2, 0) is 0 Å². The third-order valence-corrected chi connectivity index (χ3v) is 1.84. The van der Waals surface area contributed by atoms with Crippen LogP contribution in [0.15, 0.2) is 24.3 Å². The fraction of sp³-hybridized carbons (Fsp3) is 0.400. The van der Waals surface area contributed by atoms with Crippen molar-refractivity contribution in [2.24, 2.45) is 0 Å². The summed E-state index contributed by atoms with van der Waals surface area (Å²) in [6, 6.07) is 6.64. The van der Waals surface area contributed by atoms with E-state index in [4.69, 9.17) is 9.84 Å². The summed E-state index contributed by atoms with van der Waals surface area (Å²) in [4.78, 5) is 0. The van der Waals surface area contributed by atoms with Crippen molar-refractivity contribution in [3.63, 3.8) is 0 Å². The van der Waals surface area contributed by atoms with E-state index < -0.39 is 12.3 Å². The van der Waals surface area contributed by atoms with Gasteiger partial charge >= 0.3 is 0 Å². The number of halogens is 1. The molecule has 2 nitrogen and oxygen atoms in total. The first-order valence-corrected chi connectivity index (χ1v) is 4.11. The molecule has 0 unspecified atom stereocenters. The molecule has 0 heterocycles. The van der Waals surface area contributed by atoms with E-state index in [1.54, 1.807) is 24.3 Å². The van der Waals surface area contributed by atoms with Crippen molar-refractivity contribution in [3.05, 3.63) is 29.8 Å². The van der Waals surface area contributed by atoms with Gasteiger partial charge in [-0.2, -0.15) is 0 Å². The lowest BCUT2D eigenvalue weighted by Gasteiger charge is -2.11. The van der Waals surface area contributed by atoms with Crippen LogP contribution in [0.1, 0.15) is 18.7 Å². The third kappa shape index (κ3) is 2.42. The number of hydrogen-bond acceptors (Lipinski definition) is 2. The third-order valence-electron chi connectivity index (χ3n) is 1.84. The Morgan fingerprint density at radius 3 is 2.69 bits per heavy atom.